The molecule has 0 radical (unpaired) electrons. The van der Waals surface area contributed by atoms with E-state index in [1.54, 1.807) is 0 Å². The zero-order chi connectivity index (χ0) is 17.2. The van der Waals surface area contributed by atoms with Gasteiger partial charge in [0.2, 0.25) is 11.0 Å². The van der Waals surface area contributed by atoms with E-state index in [9.17, 15) is 4.79 Å². The molecule has 140 valence electrons. The van der Waals surface area contributed by atoms with E-state index in [2.05, 4.69) is 20.8 Å². The molecule has 2 saturated heterocycles. The highest BCUT2D eigenvalue weighted by atomic mass is 35.5. The zero-order valence-electron chi connectivity index (χ0n) is 14.3. The van der Waals surface area contributed by atoms with Crippen LogP contribution in [0.5, 0.6) is 0 Å². The zero-order valence-corrected chi connectivity index (χ0v) is 16.7. The van der Waals surface area contributed by atoms with Crippen LogP contribution in [0, 0.1) is 5.92 Å². The molecular formula is C18H22Cl2N4OS. The maximum absolute atomic E-state index is 12.3. The molecule has 2 aromatic rings. The third-order valence-corrected chi connectivity index (χ3v) is 6.08. The first kappa shape index (κ1) is 19.5. The van der Waals surface area contributed by atoms with Gasteiger partial charge in [-0.1, -0.05) is 35.1 Å². The lowest BCUT2D eigenvalue weighted by atomic mass is 9.89. The van der Waals surface area contributed by atoms with Crippen molar-refractivity contribution in [1.29, 1.82) is 0 Å². The molecule has 5 nitrogen and oxygen atoms in total. The van der Waals surface area contributed by atoms with E-state index in [0.29, 0.717) is 41.0 Å². The van der Waals surface area contributed by atoms with Gasteiger partial charge in [0.05, 0.1) is 0 Å². The average molecular weight is 413 g/mol. The summed E-state index contributed by atoms with van der Waals surface area (Å²) in [7, 11) is 0. The van der Waals surface area contributed by atoms with Crippen molar-refractivity contribution in [2.24, 2.45) is 5.92 Å². The number of hydrogen-bond acceptors (Lipinski definition) is 5. The maximum Gasteiger partial charge on any atom is 0.226 e. The summed E-state index contributed by atoms with van der Waals surface area (Å²) in [5.74, 6) is 0.536. The number of fused-ring (bicyclic) bond motifs is 2. The van der Waals surface area contributed by atoms with Crippen molar-refractivity contribution in [3.05, 3.63) is 39.9 Å². The molecule has 26 heavy (non-hydrogen) atoms. The Morgan fingerprint density at radius 2 is 2.04 bits per heavy atom. The predicted molar refractivity (Wildman–Crippen MR) is 107 cm³/mol. The molecule has 8 heteroatoms. The van der Waals surface area contributed by atoms with Crippen LogP contribution < -0.4 is 10.6 Å². The number of amides is 1. The van der Waals surface area contributed by atoms with E-state index in [-0.39, 0.29) is 18.3 Å². The lowest BCUT2D eigenvalue weighted by Gasteiger charge is -2.28. The van der Waals surface area contributed by atoms with Gasteiger partial charge >= 0.3 is 0 Å². The molecule has 1 aromatic carbocycles. The number of carbonyl (C=O) groups excluding carboxylic acids is 1. The normalized spacial score (nSPS) is 24.1. The van der Waals surface area contributed by atoms with E-state index in [1.807, 2.05) is 24.3 Å². The minimum absolute atomic E-state index is 0. The minimum atomic E-state index is 0. The van der Waals surface area contributed by atoms with Crippen LogP contribution >= 0.6 is 35.3 Å². The molecule has 2 unspecified atom stereocenters. The van der Waals surface area contributed by atoms with Gasteiger partial charge in [-0.25, -0.2) is 0 Å². The van der Waals surface area contributed by atoms with Gasteiger partial charge in [-0.2, -0.15) is 0 Å². The van der Waals surface area contributed by atoms with Gasteiger partial charge in [0, 0.05) is 29.9 Å². The fraction of sp³-hybridized carbons (Fsp3) is 0.500. The van der Waals surface area contributed by atoms with Gasteiger partial charge in [-0.3, -0.25) is 4.79 Å². The summed E-state index contributed by atoms with van der Waals surface area (Å²) in [4.78, 5) is 12.3. The van der Waals surface area contributed by atoms with Crippen LogP contribution in [0.1, 0.15) is 42.7 Å². The number of rotatable bonds is 5. The first-order valence-corrected chi connectivity index (χ1v) is 9.96. The van der Waals surface area contributed by atoms with Gasteiger partial charge in [-0.05, 0) is 49.3 Å². The molecule has 2 N–H and O–H groups in total. The molecule has 3 heterocycles. The van der Waals surface area contributed by atoms with Crippen molar-refractivity contribution in [1.82, 2.24) is 15.5 Å². The lowest BCUT2D eigenvalue weighted by molar-refractivity contribution is -0.117. The third kappa shape index (κ3) is 4.94. The Kier molecular flexibility index (Phi) is 6.51. The summed E-state index contributed by atoms with van der Waals surface area (Å²) in [5, 5.41) is 17.0. The van der Waals surface area contributed by atoms with Crippen molar-refractivity contribution in [2.45, 2.75) is 50.6 Å². The predicted octanol–water partition coefficient (Wildman–Crippen LogP) is 4.06. The Hall–Kier alpha value is -1.21. The van der Waals surface area contributed by atoms with E-state index in [0.717, 1.165) is 23.4 Å². The van der Waals surface area contributed by atoms with Gasteiger partial charge in [-0.15, -0.1) is 22.6 Å². The van der Waals surface area contributed by atoms with Crippen molar-refractivity contribution < 1.29 is 4.79 Å². The molecular weight excluding hydrogens is 391 g/mol. The number of nitrogens with one attached hydrogen (secondary N) is 2. The molecule has 2 fully saturated rings. The second kappa shape index (κ2) is 8.65. The number of benzene rings is 1. The van der Waals surface area contributed by atoms with Crippen LogP contribution in [-0.4, -0.2) is 28.2 Å². The SMILES string of the molecule is Cl.O=C(CC1CC2CCC(C1)N2)Nc1nnc(Cc2cccc(Cl)c2)s1. The summed E-state index contributed by atoms with van der Waals surface area (Å²) in [6.45, 7) is 0. The first-order chi connectivity index (χ1) is 12.1. The second-order valence-electron chi connectivity index (χ2n) is 7.04. The van der Waals surface area contributed by atoms with E-state index < -0.39 is 0 Å². The molecule has 4 rings (SSSR count). The molecule has 2 aliphatic heterocycles. The van der Waals surface area contributed by atoms with Crippen LogP contribution in [0.4, 0.5) is 5.13 Å². The van der Waals surface area contributed by atoms with Gasteiger partial charge in [0.15, 0.2) is 0 Å². The average Bonchev–Trinajstić information content (AvgIpc) is 3.13. The van der Waals surface area contributed by atoms with Gasteiger partial charge in [0.25, 0.3) is 0 Å². The van der Waals surface area contributed by atoms with Crippen molar-refractivity contribution in [3.8, 4) is 0 Å². The van der Waals surface area contributed by atoms with Crippen molar-refractivity contribution in [2.75, 3.05) is 5.32 Å². The quantitative estimate of drug-likeness (QED) is 0.776. The Morgan fingerprint density at radius 1 is 1.27 bits per heavy atom. The molecule has 0 spiro atoms. The van der Waals surface area contributed by atoms with Crippen LogP contribution in [0.15, 0.2) is 24.3 Å². The first-order valence-electron chi connectivity index (χ1n) is 8.77. The maximum atomic E-state index is 12.3. The number of anilines is 1. The largest absolute Gasteiger partial charge is 0.311 e. The highest BCUT2D eigenvalue weighted by molar-refractivity contribution is 7.15. The van der Waals surface area contributed by atoms with Crippen LogP contribution in [-0.2, 0) is 11.2 Å². The third-order valence-electron chi connectivity index (χ3n) is 5.00. The smallest absolute Gasteiger partial charge is 0.226 e. The van der Waals surface area contributed by atoms with Crippen LogP contribution in [0.2, 0.25) is 5.02 Å². The molecule has 2 bridgehead atoms. The van der Waals surface area contributed by atoms with Crippen LogP contribution in [0.25, 0.3) is 0 Å². The fourth-order valence-corrected chi connectivity index (χ4v) is 4.97. The summed E-state index contributed by atoms with van der Waals surface area (Å²) < 4.78 is 0. The second-order valence-corrected chi connectivity index (χ2v) is 8.53. The highest BCUT2D eigenvalue weighted by Crippen LogP contribution is 2.33. The molecule has 1 aromatic heterocycles. The van der Waals surface area contributed by atoms with Crippen molar-refractivity contribution >= 4 is 46.4 Å². The number of carbonyl (C=O) groups is 1. The number of hydrogen-bond donors (Lipinski definition) is 2. The lowest BCUT2D eigenvalue weighted by Crippen LogP contribution is -2.39. The van der Waals surface area contributed by atoms with Gasteiger partial charge < -0.3 is 10.6 Å². The fourth-order valence-electron chi connectivity index (χ4n) is 3.97. The number of aromatic nitrogens is 2. The van der Waals surface area contributed by atoms with E-state index in [1.165, 1.54) is 24.2 Å². The molecule has 2 atom stereocenters. The molecule has 1 amide bonds. The summed E-state index contributed by atoms with van der Waals surface area (Å²) in [6.07, 6.45) is 5.99. The monoisotopic (exact) mass is 412 g/mol. The minimum Gasteiger partial charge on any atom is -0.311 e. The highest BCUT2D eigenvalue weighted by Gasteiger charge is 2.34. The molecule has 2 aliphatic rings. The van der Waals surface area contributed by atoms with E-state index >= 15 is 0 Å². The van der Waals surface area contributed by atoms with Crippen molar-refractivity contribution in [3.63, 3.8) is 0 Å². The van der Waals surface area contributed by atoms with E-state index in [4.69, 9.17) is 11.6 Å². The van der Waals surface area contributed by atoms with Crippen LogP contribution in [0.3, 0.4) is 0 Å². The standard InChI is InChI=1S/C18H21ClN4OS.ClH/c19-13-3-1-2-11(6-13)10-17-22-23-18(25-17)21-16(24)9-12-7-14-4-5-15(8-12)20-14;/h1-3,6,12,14-15,20H,4-5,7-10H2,(H,21,23,24);1H. The number of nitrogens with zero attached hydrogens (tertiary/aromatic N) is 2. The Morgan fingerprint density at radius 3 is 2.77 bits per heavy atom. The molecule has 0 saturated carbocycles. The Labute approximate surface area is 168 Å². The topological polar surface area (TPSA) is 66.9 Å². The molecule has 0 aliphatic carbocycles. The Balaban J connectivity index is 0.00000196. The summed E-state index contributed by atoms with van der Waals surface area (Å²) in [6, 6.07) is 8.94. The van der Waals surface area contributed by atoms with Gasteiger partial charge in [0.1, 0.15) is 5.01 Å². The summed E-state index contributed by atoms with van der Waals surface area (Å²) in [5.41, 5.74) is 1.09. The Bertz CT molecular complexity index is 757. The number of halogens is 2. The number of piperidine rings is 1. The summed E-state index contributed by atoms with van der Waals surface area (Å²) >= 11 is 7.44.